The van der Waals surface area contributed by atoms with Crippen molar-refractivity contribution in [2.75, 3.05) is 13.1 Å². The molecule has 0 spiro atoms. The van der Waals surface area contributed by atoms with Crippen LogP contribution in [0.3, 0.4) is 0 Å². The van der Waals surface area contributed by atoms with E-state index < -0.39 is 22.8 Å². The van der Waals surface area contributed by atoms with Crippen molar-refractivity contribution in [2.24, 2.45) is 0 Å². The summed E-state index contributed by atoms with van der Waals surface area (Å²) in [5, 5.41) is 5.92. The number of fused-ring (bicyclic) bond motifs is 1. The molecule has 1 fully saturated rings. The SMILES string of the molecule is O=C(Cn1[nH]c(=O)c2ccccc2c1=O)NC1CCN(Cc2ccc(F)c(F)c2)CC1. The highest BCUT2D eigenvalue weighted by Crippen LogP contribution is 2.16. The Kier molecular flexibility index (Phi) is 5.94. The lowest BCUT2D eigenvalue weighted by Gasteiger charge is -2.32. The largest absolute Gasteiger partial charge is 0.352 e. The number of H-pyrrole nitrogens is 1. The Morgan fingerprint density at radius 2 is 1.74 bits per heavy atom. The molecule has 1 aliphatic heterocycles. The maximum atomic E-state index is 13.4. The standard InChI is InChI=1S/C22H22F2N4O3/c23-18-6-5-14(11-19(18)24)12-27-9-7-15(8-10-27)25-20(29)13-28-22(31)17-4-2-1-3-16(17)21(30)26-28/h1-6,11,15H,7-10,12-13H2,(H,25,29)(H,26,30). The molecule has 1 aliphatic rings. The Morgan fingerprint density at radius 3 is 2.45 bits per heavy atom. The first-order valence-corrected chi connectivity index (χ1v) is 10.1. The van der Waals surface area contributed by atoms with E-state index >= 15 is 0 Å². The number of likely N-dealkylation sites (tertiary alicyclic amines) is 1. The van der Waals surface area contributed by atoms with Crippen LogP contribution >= 0.6 is 0 Å². The molecule has 2 N–H and O–H groups in total. The molecule has 0 radical (unpaired) electrons. The summed E-state index contributed by atoms with van der Waals surface area (Å²) in [4.78, 5) is 39.2. The van der Waals surface area contributed by atoms with Gasteiger partial charge in [0.15, 0.2) is 11.6 Å². The quantitative estimate of drug-likeness (QED) is 0.648. The number of carbonyl (C=O) groups is 1. The first kappa shape index (κ1) is 20.9. The number of piperidine rings is 1. The van der Waals surface area contributed by atoms with Crippen LogP contribution in [0.25, 0.3) is 10.8 Å². The van der Waals surface area contributed by atoms with Gasteiger partial charge in [0.25, 0.3) is 11.1 Å². The number of carbonyl (C=O) groups excluding carboxylic acids is 1. The molecule has 1 saturated heterocycles. The fourth-order valence-corrected chi connectivity index (χ4v) is 3.91. The van der Waals surface area contributed by atoms with E-state index in [1.807, 2.05) is 0 Å². The summed E-state index contributed by atoms with van der Waals surface area (Å²) in [6.07, 6.45) is 1.39. The lowest BCUT2D eigenvalue weighted by Crippen LogP contribution is -2.46. The Morgan fingerprint density at radius 1 is 1.03 bits per heavy atom. The summed E-state index contributed by atoms with van der Waals surface area (Å²) in [5.74, 6) is -2.08. The van der Waals surface area contributed by atoms with Crippen molar-refractivity contribution < 1.29 is 13.6 Å². The van der Waals surface area contributed by atoms with Crippen molar-refractivity contribution in [3.05, 3.63) is 80.4 Å². The molecular formula is C22H22F2N4O3. The molecule has 9 heteroatoms. The summed E-state index contributed by atoms with van der Waals surface area (Å²) < 4.78 is 27.5. The van der Waals surface area contributed by atoms with Gasteiger partial charge >= 0.3 is 0 Å². The molecule has 1 amide bonds. The number of aromatic nitrogens is 2. The number of benzene rings is 2. The Hall–Kier alpha value is -3.33. The van der Waals surface area contributed by atoms with Crippen LogP contribution in [-0.4, -0.2) is 39.7 Å². The van der Waals surface area contributed by atoms with E-state index in [1.54, 1.807) is 30.3 Å². The number of halogens is 2. The van der Waals surface area contributed by atoms with Crippen LogP contribution in [0.15, 0.2) is 52.1 Å². The summed E-state index contributed by atoms with van der Waals surface area (Å²) in [7, 11) is 0. The molecular weight excluding hydrogens is 406 g/mol. The molecule has 162 valence electrons. The Labute approximate surface area is 176 Å². The van der Waals surface area contributed by atoms with E-state index in [0.29, 0.717) is 38.0 Å². The average Bonchev–Trinajstić information content (AvgIpc) is 2.76. The minimum atomic E-state index is -0.864. The van der Waals surface area contributed by atoms with Gasteiger partial charge in [0.1, 0.15) is 6.54 Å². The highest BCUT2D eigenvalue weighted by molar-refractivity contribution is 5.81. The third-order valence-corrected chi connectivity index (χ3v) is 5.53. The van der Waals surface area contributed by atoms with Crippen LogP contribution in [0.5, 0.6) is 0 Å². The Balaban J connectivity index is 1.33. The second kappa shape index (κ2) is 8.81. The van der Waals surface area contributed by atoms with E-state index in [4.69, 9.17) is 0 Å². The predicted molar refractivity (Wildman–Crippen MR) is 112 cm³/mol. The first-order valence-electron chi connectivity index (χ1n) is 10.1. The molecule has 0 aliphatic carbocycles. The second-order valence-corrected chi connectivity index (χ2v) is 7.74. The number of rotatable bonds is 5. The molecule has 2 aromatic carbocycles. The monoisotopic (exact) mass is 428 g/mol. The zero-order chi connectivity index (χ0) is 22.0. The maximum absolute atomic E-state index is 13.4. The number of nitrogens with zero attached hydrogens (tertiary/aromatic N) is 2. The minimum absolute atomic E-state index is 0.0587. The third-order valence-electron chi connectivity index (χ3n) is 5.53. The smallest absolute Gasteiger partial charge is 0.273 e. The van der Waals surface area contributed by atoms with Gasteiger partial charge < -0.3 is 5.32 Å². The van der Waals surface area contributed by atoms with E-state index in [1.165, 1.54) is 6.07 Å². The fraction of sp³-hybridized carbons (Fsp3) is 0.318. The predicted octanol–water partition coefficient (Wildman–Crippen LogP) is 1.75. The fourth-order valence-electron chi connectivity index (χ4n) is 3.91. The van der Waals surface area contributed by atoms with Crippen molar-refractivity contribution in [1.82, 2.24) is 20.0 Å². The molecule has 31 heavy (non-hydrogen) atoms. The van der Waals surface area contributed by atoms with Crippen LogP contribution in [0.1, 0.15) is 18.4 Å². The summed E-state index contributed by atoms with van der Waals surface area (Å²) >= 11 is 0. The number of amides is 1. The van der Waals surface area contributed by atoms with Crippen molar-refractivity contribution in [1.29, 1.82) is 0 Å². The minimum Gasteiger partial charge on any atom is -0.352 e. The molecule has 0 unspecified atom stereocenters. The molecule has 4 rings (SSSR count). The molecule has 0 atom stereocenters. The van der Waals surface area contributed by atoms with Crippen LogP contribution in [-0.2, 0) is 17.9 Å². The van der Waals surface area contributed by atoms with Crippen molar-refractivity contribution in [3.63, 3.8) is 0 Å². The maximum Gasteiger partial charge on any atom is 0.273 e. The highest BCUT2D eigenvalue weighted by Gasteiger charge is 2.21. The zero-order valence-electron chi connectivity index (χ0n) is 16.7. The van der Waals surface area contributed by atoms with Gasteiger partial charge in [-0.05, 0) is 42.7 Å². The van der Waals surface area contributed by atoms with Gasteiger partial charge in [-0.3, -0.25) is 24.4 Å². The molecule has 3 aromatic rings. The van der Waals surface area contributed by atoms with Gasteiger partial charge in [-0.15, -0.1) is 0 Å². The van der Waals surface area contributed by atoms with Crippen molar-refractivity contribution >= 4 is 16.7 Å². The van der Waals surface area contributed by atoms with Gasteiger partial charge in [-0.25, -0.2) is 13.5 Å². The van der Waals surface area contributed by atoms with Crippen LogP contribution in [0, 0.1) is 11.6 Å². The van der Waals surface area contributed by atoms with Gasteiger partial charge in [0.05, 0.1) is 10.8 Å². The molecule has 2 heterocycles. The van der Waals surface area contributed by atoms with E-state index in [9.17, 15) is 23.2 Å². The van der Waals surface area contributed by atoms with Crippen molar-refractivity contribution in [2.45, 2.75) is 32.0 Å². The second-order valence-electron chi connectivity index (χ2n) is 7.74. The first-order chi connectivity index (χ1) is 14.9. The normalized spacial score (nSPS) is 15.3. The van der Waals surface area contributed by atoms with E-state index in [2.05, 4.69) is 15.3 Å². The number of hydrogen-bond donors (Lipinski definition) is 2. The van der Waals surface area contributed by atoms with Gasteiger partial charge in [0, 0.05) is 25.7 Å². The average molecular weight is 428 g/mol. The van der Waals surface area contributed by atoms with Gasteiger partial charge in [-0.1, -0.05) is 18.2 Å². The van der Waals surface area contributed by atoms with Gasteiger partial charge in [0.2, 0.25) is 5.91 Å². The highest BCUT2D eigenvalue weighted by atomic mass is 19.2. The van der Waals surface area contributed by atoms with Crippen LogP contribution in [0.4, 0.5) is 8.78 Å². The van der Waals surface area contributed by atoms with E-state index in [0.717, 1.165) is 10.7 Å². The summed E-state index contributed by atoms with van der Waals surface area (Å²) in [6.45, 7) is 1.62. The lowest BCUT2D eigenvalue weighted by atomic mass is 10.0. The van der Waals surface area contributed by atoms with E-state index in [-0.39, 0.29) is 29.3 Å². The summed E-state index contributed by atoms with van der Waals surface area (Å²) in [6, 6.07) is 10.3. The van der Waals surface area contributed by atoms with Crippen molar-refractivity contribution in [3.8, 4) is 0 Å². The number of hydrogen-bond acceptors (Lipinski definition) is 4. The van der Waals surface area contributed by atoms with Crippen LogP contribution in [0.2, 0.25) is 0 Å². The van der Waals surface area contributed by atoms with Crippen LogP contribution < -0.4 is 16.4 Å². The zero-order valence-corrected chi connectivity index (χ0v) is 16.7. The molecule has 0 bridgehead atoms. The Bertz CT molecular complexity index is 1230. The molecule has 0 saturated carbocycles. The number of nitrogens with one attached hydrogen (secondary N) is 2. The molecule has 1 aromatic heterocycles. The lowest BCUT2D eigenvalue weighted by molar-refractivity contribution is -0.123. The molecule has 7 nitrogen and oxygen atoms in total. The summed E-state index contributed by atoms with van der Waals surface area (Å²) in [5.41, 5.74) is -0.152. The number of aromatic amines is 1. The van der Waals surface area contributed by atoms with Gasteiger partial charge in [-0.2, -0.15) is 0 Å². The third kappa shape index (κ3) is 4.72. The topological polar surface area (TPSA) is 87.2 Å².